The zero-order valence-electron chi connectivity index (χ0n) is 15.4. The first-order valence-electron chi connectivity index (χ1n) is 8.40. The molecule has 0 spiro atoms. The van der Waals surface area contributed by atoms with Crippen LogP contribution in [-0.2, 0) is 9.59 Å². The molecule has 0 heterocycles. The highest BCUT2D eigenvalue weighted by molar-refractivity contribution is 9.10. The molecule has 2 aromatic rings. The van der Waals surface area contributed by atoms with E-state index in [1.54, 1.807) is 43.3 Å². The average molecular weight is 479 g/mol. The average Bonchev–Trinajstić information content (AvgIpc) is 2.67. The van der Waals surface area contributed by atoms with Gasteiger partial charge >= 0.3 is 0 Å². The van der Waals surface area contributed by atoms with Gasteiger partial charge in [-0.05, 0) is 70.9 Å². The number of nitrogens with two attached hydrogens (primary N) is 1. The molecule has 0 radical (unpaired) electrons. The van der Waals surface area contributed by atoms with Crippen LogP contribution in [0.2, 0.25) is 5.02 Å². The first-order valence-corrected chi connectivity index (χ1v) is 9.57. The normalized spacial score (nSPS) is 10.8. The lowest BCUT2D eigenvalue weighted by molar-refractivity contribution is -0.120. The smallest absolute Gasteiger partial charge is 0.266 e. The van der Waals surface area contributed by atoms with Gasteiger partial charge in [0.25, 0.3) is 11.8 Å². The predicted octanol–water partition coefficient (Wildman–Crippen LogP) is 3.91. The van der Waals surface area contributed by atoms with E-state index in [1.807, 2.05) is 6.07 Å². The molecule has 7 nitrogen and oxygen atoms in total. The third kappa shape index (κ3) is 6.52. The van der Waals surface area contributed by atoms with Gasteiger partial charge in [-0.2, -0.15) is 5.26 Å². The molecule has 2 amide bonds. The monoisotopic (exact) mass is 477 g/mol. The number of anilines is 1. The van der Waals surface area contributed by atoms with E-state index >= 15 is 0 Å². The molecule has 2 rings (SSSR count). The number of nitrogens with one attached hydrogen (secondary N) is 1. The third-order valence-electron chi connectivity index (χ3n) is 3.47. The molecular weight excluding hydrogens is 462 g/mol. The van der Waals surface area contributed by atoms with Crippen molar-refractivity contribution in [1.82, 2.24) is 0 Å². The summed E-state index contributed by atoms with van der Waals surface area (Å²) in [6, 6.07) is 11.6. The van der Waals surface area contributed by atoms with Gasteiger partial charge in [0.1, 0.15) is 11.6 Å². The summed E-state index contributed by atoms with van der Waals surface area (Å²) in [5.41, 5.74) is 6.03. The van der Waals surface area contributed by atoms with Crippen LogP contribution < -0.4 is 20.5 Å². The van der Waals surface area contributed by atoms with Gasteiger partial charge in [0, 0.05) is 10.7 Å². The summed E-state index contributed by atoms with van der Waals surface area (Å²) in [5, 5.41) is 12.6. The molecule has 29 heavy (non-hydrogen) atoms. The Morgan fingerprint density at radius 3 is 2.55 bits per heavy atom. The van der Waals surface area contributed by atoms with E-state index in [0.29, 0.717) is 38.9 Å². The Morgan fingerprint density at radius 1 is 1.28 bits per heavy atom. The second-order valence-corrected chi connectivity index (χ2v) is 6.94. The summed E-state index contributed by atoms with van der Waals surface area (Å²) in [6.45, 7) is 1.81. The van der Waals surface area contributed by atoms with Crippen molar-refractivity contribution >= 4 is 51.1 Å². The molecule has 0 saturated carbocycles. The molecule has 0 atom stereocenters. The van der Waals surface area contributed by atoms with E-state index in [2.05, 4.69) is 21.2 Å². The standard InChI is InChI=1S/C20H17BrClN3O4/c1-2-28-17-9-12(8-16(21)19(17)29-11-18(24)26)7-13(10-23)20(27)25-15-5-3-14(22)4-6-15/h3-9H,2,11H2,1H3,(H2,24,26)(H,25,27)/b13-7+. The summed E-state index contributed by atoms with van der Waals surface area (Å²) in [4.78, 5) is 23.4. The maximum Gasteiger partial charge on any atom is 0.266 e. The molecule has 2 aromatic carbocycles. The fourth-order valence-corrected chi connectivity index (χ4v) is 2.96. The van der Waals surface area contributed by atoms with Crippen LogP contribution in [-0.4, -0.2) is 25.0 Å². The van der Waals surface area contributed by atoms with Crippen LogP contribution in [0, 0.1) is 11.3 Å². The quantitative estimate of drug-likeness (QED) is 0.441. The molecule has 0 fully saturated rings. The van der Waals surface area contributed by atoms with Crippen molar-refractivity contribution in [3.8, 4) is 17.6 Å². The van der Waals surface area contributed by atoms with E-state index in [0.717, 1.165) is 0 Å². The van der Waals surface area contributed by atoms with Gasteiger partial charge < -0.3 is 20.5 Å². The lowest BCUT2D eigenvalue weighted by atomic mass is 10.1. The van der Waals surface area contributed by atoms with Crippen molar-refractivity contribution in [1.29, 1.82) is 5.26 Å². The van der Waals surface area contributed by atoms with Crippen LogP contribution >= 0.6 is 27.5 Å². The number of halogens is 2. The molecule has 0 aliphatic rings. The highest BCUT2D eigenvalue weighted by Crippen LogP contribution is 2.37. The summed E-state index contributed by atoms with van der Waals surface area (Å²) in [7, 11) is 0. The Labute approximate surface area is 181 Å². The minimum absolute atomic E-state index is 0.111. The molecule has 0 aliphatic heterocycles. The fraction of sp³-hybridized carbons (Fsp3) is 0.150. The lowest BCUT2D eigenvalue weighted by Crippen LogP contribution is -2.20. The minimum Gasteiger partial charge on any atom is -0.490 e. The third-order valence-corrected chi connectivity index (χ3v) is 4.31. The number of hydrogen-bond donors (Lipinski definition) is 2. The number of hydrogen-bond acceptors (Lipinski definition) is 5. The van der Waals surface area contributed by atoms with E-state index in [1.165, 1.54) is 6.08 Å². The van der Waals surface area contributed by atoms with E-state index in [4.69, 9.17) is 26.8 Å². The zero-order valence-corrected chi connectivity index (χ0v) is 17.7. The molecule has 3 N–H and O–H groups in total. The van der Waals surface area contributed by atoms with Gasteiger partial charge in [-0.3, -0.25) is 9.59 Å². The van der Waals surface area contributed by atoms with Crippen LogP contribution in [0.15, 0.2) is 46.4 Å². The number of amides is 2. The van der Waals surface area contributed by atoms with Gasteiger partial charge in [-0.1, -0.05) is 11.6 Å². The predicted molar refractivity (Wildman–Crippen MR) is 114 cm³/mol. The summed E-state index contributed by atoms with van der Waals surface area (Å²) in [5.74, 6) is -0.566. The van der Waals surface area contributed by atoms with Crippen molar-refractivity contribution < 1.29 is 19.1 Å². The lowest BCUT2D eigenvalue weighted by Gasteiger charge is -2.14. The number of ether oxygens (including phenoxy) is 2. The van der Waals surface area contributed by atoms with Gasteiger partial charge in [0.05, 0.1) is 11.1 Å². The molecule has 0 unspecified atom stereocenters. The molecule has 150 valence electrons. The largest absolute Gasteiger partial charge is 0.490 e. The van der Waals surface area contributed by atoms with Gasteiger partial charge in [0.2, 0.25) is 0 Å². The number of nitriles is 1. The molecule has 0 aliphatic carbocycles. The number of nitrogens with zero attached hydrogens (tertiary/aromatic N) is 1. The number of carbonyl (C=O) groups is 2. The Morgan fingerprint density at radius 2 is 1.97 bits per heavy atom. The number of primary amides is 1. The molecule has 0 saturated heterocycles. The minimum atomic E-state index is -0.631. The zero-order chi connectivity index (χ0) is 21.4. The number of carbonyl (C=O) groups excluding carboxylic acids is 2. The highest BCUT2D eigenvalue weighted by atomic mass is 79.9. The van der Waals surface area contributed by atoms with Gasteiger partial charge in [-0.15, -0.1) is 0 Å². The summed E-state index contributed by atoms with van der Waals surface area (Å²) < 4.78 is 11.4. The van der Waals surface area contributed by atoms with E-state index in [9.17, 15) is 14.9 Å². The van der Waals surface area contributed by atoms with Crippen LogP contribution in [0.3, 0.4) is 0 Å². The van der Waals surface area contributed by atoms with Gasteiger partial charge in [-0.25, -0.2) is 0 Å². The van der Waals surface area contributed by atoms with Gasteiger partial charge in [0.15, 0.2) is 18.1 Å². The van der Waals surface area contributed by atoms with Crippen molar-refractivity contribution in [3.63, 3.8) is 0 Å². The summed E-state index contributed by atoms with van der Waals surface area (Å²) in [6.07, 6.45) is 1.41. The second kappa shape index (κ2) is 10.5. The summed E-state index contributed by atoms with van der Waals surface area (Å²) >= 11 is 9.17. The molecule has 0 aromatic heterocycles. The van der Waals surface area contributed by atoms with Crippen molar-refractivity contribution in [2.75, 3.05) is 18.5 Å². The van der Waals surface area contributed by atoms with Crippen molar-refractivity contribution in [3.05, 3.63) is 57.0 Å². The Hall–Kier alpha value is -3.02. The fourth-order valence-electron chi connectivity index (χ4n) is 2.26. The first-order chi connectivity index (χ1) is 13.8. The van der Waals surface area contributed by atoms with E-state index in [-0.39, 0.29) is 12.2 Å². The molecule has 9 heteroatoms. The van der Waals surface area contributed by atoms with Crippen LogP contribution in [0.1, 0.15) is 12.5 Å². The molecule has 0 bridgehead atoms. The number of rotatable bonds is 8. The molecular formula is C20H17BrClN3O4. The maximum atomic E-state index is 12.4. The van der Waals surface area contributed by atoms with Crippen LogP contribution in [0.4, 0.5) is 5.69 Å². The highest BCUT2D eigenvalue weighted by Gasteiger charge is 2.15. The Kier molecular flexibility index (Phi) is 8.07. The first kappa shape index (κ1) is 22.3. The van der Waals surface area contributed by atoms with Crippen LogP contribution in [0.25, 0.3) is 6.08 Å². The van der Waals surface area contributed by atoms with Crippen LogP contribution in [0.5, 0.6) is 11.5 Å². The maximum absolute atomic E-state index is 12.4. The van der Waals surface area contributed by atoms with Crippen molar-refractivity contribution in [2.45, 2.75) is 6.92 Å². The van der Waals surface area contributed by atoms with Crippen molar-refractivity contribution in [2.24, 2.45) is 5.73 Å². The van der Waals surface area contributed by atoms with E-state index < -0.39 is 11.8 Å². The second-order valence-electron chi connectivity index (χ2n) is 5.65. The Bertz CT molecular complexity index is 984. The topological polar surface area (TPSA) is 114 Å². The SMILES string of the molecule is CCOc1cc(/C=C(\C#N)C(=O)Nc2ccc(Cl)cc2)cc(Br)c1OCC(N)=O. The Balaban J connectivity index is 2.31. The number of benzene rings is 2.